The molecular weight excluding hydrogens is 411 g/mol. The third-order valence-electron chi connectivity index (χ3n) is 2.52. The van der Waals surface area contributed by atoms with Crippen LogP contribution in [0.15, 0.2) is 40.6 Å². The van der Waals surface area contributed by atoms with E-state index in [1.54, 1.807) is 29.6 Å². The Morgan fingerprint density at radius 1 is 1.30 bits per heavy atom. The quantitative estimate of drug-likeness (QED) is 0.744. The number of amides is 1. The molecule has 1 aromatic carbocycles. The van der Waals surface area contributed by atoms with E-state index in [0.29, 0.717) is 5.56 Å². The molecule has 106 valence electrons. The predicted octanol–water partition coefficient (Wildman–Crippen LogP) is 2.51. The van der Waals surface area contributed by atoms with E-state index in [9.17, 15) is 13.2 Å². The van der Waals surface area contributed by atoms with Gasteiger partial charge in [-0.25, -0.2) is 13.1 Å². The molecular formula is C12H11IN2O3S2. The van der Waals surface area contributed by atoms with Crippen molar-refractivity contribution >= 4 is 55.5 Å². The van der Waals surface area contributed by atoms with Crippen molar-refractivity contribution in [1.29, 1.82) is 0 Å². The van der Waals surface area contributed by atoms with Crippen LogP contribution in [0.3, 0.4) is 0 Å². The number of carbonyl (C=O) groups excluding carboxylic acids is 1. The van der Waals surface area contributed by atoms with Crippen molar-refractivity contribution in [3.8, 4) is 0 Å². The minimum Gasteiger partial charge on any atom is -0.321 e. The minimum atomic E-state index is -3.62. The highest BCUT2D eigenvalue weighted by molar-refractivity contribution is 14.1. The maximum atomic E-state index is 12.1. The number of hydrogen-bond donors (Lipinski definition) is 2. The summed E-state index contributed by atoms with van der Waals surface area (Å²) in [6.07, 6.45) is 0. The molecule has 1 aromatic heterocycles. The zero-order chi connectivity index (χ0) is 14.8. The van der Waals surface area contributed by atoms with Gasteiger partial charge in [-0.2, -0.15) is 0 Å². The van der Waals surface area contributed by atoms with Gasteiger partial charge in [0.2, 0.25) is 10.0 Å². The molecule has 0 saturated carbocycles. The van der Waals surface area contributed by atoms with Crippen LogP contribution < -0.4 is 10.0 Å². The van der Waals surface area contributed by atoms with E-state index in [-0.39, 0.29) is 16.5 Å². The second-order valence-corrected chi connectivity index (χ2v) is 8.46. The Bertz CT molecular complexity index is 741. The van der Waals surface area contributed by atoms with E-state index in [1.807, 2.05) is 0 Å². The average molecular weight is 422 g/mol. The SMILES string of the molecule is CNS(=O)(=O)c1ccccc1NC(=O)c1csc(I)c1. The molecule has 0 radical (unpaired) electrons. The molecule has 8 heteroatoms. The number of anilines is 1. The van der Waals surface area contributed by atoms with Gasteiger partial charge in [-0.1, -0.05) is 12.1 Å². The van der Waals surface area contributed by atoms with Gasteiger partial charge in [-0.05, 0) is 47.8 Å². The van der Waals surface area contributed by atoms with Crippen molar-refractivity contribution < 1.29 is 13.2 Å². The minimum absolute atomic E-state index is 0.0424. The lowest BCUT2D eigenvalue weighted by Gasteiger charge is -2.10. The number of thiophene rings is 1. The number of sulfonamides is 1. The number of halogens is 1. The Morgan fingerprint density at radius 2 is 2.00 bits per heavy atom. The van der Waals surface area contributed by atoms with E-state index in [1.165, 1.54) is 24.5 Å². The van der Waals surface area contributed by atoms with Crippen molar-refractivity contribution in [2.75, 3.05) is 12.4 Å². The smallest absolute Gasteiger partial charge is 0.256 e. The summed E-state index contributed by atoms with van der Waals surface area (Å²) in [6.45, 7) is 0. The maximum absolute atomic E-state index is 12.1. The Labute approximate surface area is 134 Å². The van der Waals surface area contributed by atoms with Gasteiger partial charge in [0.05, 0.1) is 14.1 Å². The van der Waals surface area contributed by atoms with Gasteiger partial charge < -0.3 is 5.32 Å². The first-order valence-electron chi connectivity index (χ1n) is 5.52. The standard InChI is InChI=1S/C12H11IN2O3S2/c1-14-20(17,18)10-5-3-2-4-9(10)15-12(16)8-6-11(13)19-7-8/h2-7,14H,1H3,(H,15,16). The molecule has 0 fully saturated rings. The highest BCUT2D eigenvalue weighted by Crippen LogP contribution is 2.22. The van der Waals surface area contributed by atoms with Crippen LogP contribution in [0.2, 0.25) is 0 Å². The molecule has 0 aliphatic heterocycles. The van der Waals surface area contributed by atoms with Gasteiger partial charge in [0, 0.05) is 5.38 Å². The van der Waals surface area contributed by atoms with Gasteiger partial charge in [-0.3, -0.25) is 4.79 Å². The van der Waals surface area contributed by atoms with E-state index in [0.717, 1.165) is 2.88 Å². The molecule has 0 aliphatic carbocycles. The lowest BCUT2D eigenvalue weighted by molar-refractivity contribution is 0.102. The highest BCUT2D eigenvalue weighted by Gasteiger charge is 2.18. The molecule has 0 saturated heterocycles. The number of rotatable bonds is 4. The number of hydrogen-bond acceptors (Lipinski definition) is 4. The Kier molecular flexibility index (Phi) is 4.78. The largest absolute Gasteiger partial charge is 0.321 e. The molecule has 20 heavy (non-hydrogen) atoms. The van der Waals surface area contributed by atoms with Crippen LogP contribution in [0.25, 0.3) is 0 Å². The third kappa shape index (κ3) is 3.37. The average Bonchev–Trinajstić information content (AvgIpc) is 2.86. The Morgan fingerprint density at radius 3 is 2.60 bits per heavy atom. The number of benzene rings is 1. The van der Waals surface area contributed by atoms with E-state index >= 15 is 0 Å². The first-order valence-corrected chi connectivity index (χ1v) is 8.96. The molecule has 0 aliphatic rings. The van der Waals surface area contributed by atoms with Crippen LogP contribution in [0.4, 0.5) is 5.69 Å². The molecule has 0 spiro atoms. The fraction of sp³-hybridized carbons (Fsp3) is 0.0833. The van der Waals surface area contributed by atoms with Crippen LogP contribution in [0.1, 0.15) is 10.4 Å². The summed E-state index contributed by atoms with van der Waals surface area (Å²) in [6, 6.07) is 8.02. The fourth-order valence-electron chi connectivity index (χ4n) is 1.54. The second kappa shape index (κ2) is 6.20. The van der Waals surface area contributed by atoms with Gasteiger partial charge in [0.1, 0.15) is 4.90 Å². The predicted molar refractivity (Wildman–Crippen MR) is 87.7 cm³/mol. The first-order chi connectivity index (χ1) is 9.44. The van der Waals surface area contributed by atoms with E-state index < -0.39 is 10.0 Å². The zero-order valence-corrected chi connectivity index (χ0v) is 14.2. The van der Waals surface area contributed by atoms with Crippen LogP contribution in [0, 0.1) is 2.88 Å². The summed E-state index contributed by atoms with van der Waals surface area (Å²) >= 11 is 3.58. The van der Waals surface area contributed by atoms with E-state index in [4.69, 9.17) is 0 Å². The van der Waals surface area contributed by atoms with Gasteiger partial charge in [-0.15, -0.1) is 11.3 Å². The van der Waals surface area contributed by atoms with Gasteiger partial charge >= 0.3 is 0 Å². The molecule has 1 heterocycles. The van der Waals surface area contributed by atoms with Crippen LogP contribution in [-0.4, -0.2) is 21.4 Å². The lowest BCUT2D eigenvalue weighted by Crippen LogP contribution is -2.21. The summed E-state index contributed by atoms with van der Waals surface area (Å²) in [5.74, 6) is -0.331. The third-order valence-corrected chi connectivity index (χ3v) is 5.78. The molecule has 0 atom stereocenters. The number of carbonyl (C=O) groups is 1. The van der Waals surface area contributed by atoms with Crippen LogP contribution in [0.5, 0.6) is 0 Å². The van der Waals surface area contributed by atoms with Crippen LogP contribution in [-0.2, 0) is 10.0 Å². The zero-order valence-electron chi connectivity index (χ0n) is 10.4. The lowest BCUT2D eigenvalue weighted by atomic mass is 10.3. The molecule has 2 rings (SSSR count). The number of para-hydroxylation sites is 1. The number of nitrogens with one attached hydrogen (secondary N) is 2. The highest BCUT2D eigenvalue weighted by atomic mass is 127. The van der Waals surface area contributed by atoms with Gasteiger partial charge in [0.15, 0.2) is 0 Å². The fourth-order valence-corrected chi connectivity index (χ4v) is 3.75. The van der Waals surface area contributed by atoms with Crippen LogP contribution >= 0.6 is 33.9 Å². The Balaban J connectivity index is 2.33. The van der Waals surface area contributed by atoms with Crippen molar-refractivity contribution in [2.45, 2.75) is 4.90 Å². The summed E-state index contributed by atoms with van der Waals surface area (Å²) < 4.78 is 27.0. The Hall–Kier alpha value is -0.970. The summed E-state index contributed by atoms with van der Waals surface area (Å²) in [5.41, 5.74) is 0.768. The maximum Gasteiger partial charge on any atom is 0.256 e. The summed E-state index contributed by atoms with van der Waals surface area (Å²) in [4.78, 5) is 12.1. The molecule has 1 amide bonds. The van der Waals surface area contributed by atoms with Crippen molar-refractivity contribution in [2.24, 2.45) is 0 Å². The van der Waals surface area contributed by atoms with E-state index in [2.05, 4.69) is 32.6 Å². The molecule has 2 aromatic rings. The first kappa shape index (κ1) is 15.4. The van der Waals surface area contributed by atoms with Crippen molar-refractivity contribution in [1.82, 2.24) is 4.72 Å². The second-order valence-electron chi connectivity index (χ2n) is 3.80. The van der Waals surface area contributed by atoms with Crippen molar-refractivity contribution in [3.63, 3.8) is 0 Å². The van der Waals surface area contributed by atoms with Crippen molar-refractivity contribution in [3.05, 3.63) is 44.2 Å². The molecule has 0 bridgehead atoms. The molecule has 2 N–H and O–H groups in total. The summed E-state index contributed by atoms with van der Waals surface area (Å²) in [5, 5.41) is 4.35. The normalized spacial score (nSPS) is 11.3. The topological polar surface area (TPSA) is 75.3 Å². The molecule has 0 unspecified atom stereocenters. The molecule has 5 nitrogen and oxygen atoms in total. The monoisotopic (exact) mass is 422 g/mol. The summed E-state index contributed by atoms with van der Waals surface area (Å²) in [7, 11) is -2.29. The van der Waals surface area contributed by atoms with Gasteiger partial charge in [0.25, 0.3) is 5.91 Å².